The van der Waals surface area contributed by atoms with Crippen LogP contribution in [0.4, 0.5) is 14.6 Å². The maximum absolute atomic E-state index is 14.1. The number of aromatic nitrogens is 1. The Kier molecular flexibility index (Phi) is 5.84. The minimum Gasteiger partial charge on any atom is -0.383 e. The first-order valence-electron chi connectivity index (χ1n) is 8.85. The van der Waals surface area contributed by atoms with Crippen LogP contribution < -0.4 is 10.2 Å². The fourth-order valence-electron chi connectivity index (χ4n) is 3.15. The minimum absolute atomic E-state index is 0.203. The smallest absolute Gasteiger partial charge is 0.129 e. The van der Waals surface area contributed by atoms with E-state index in [0.717, 1.165) is 36.8 Å². The fourth-order valence-corrected chi connectivity index (χ4v) is 3.15. The number of pyridine rings is 1. The standard InChI is InChI=1S/C20H25F2N3O/c1-25(9-10-26-2)19-6-3-15(13-24-19)12-23-14-20(7-8-20)17-5-4-16(21)11-18(17)22/h3-6,11,13,23H,7-10,12,14H2,1-2H3. The van der Waals surface area contributed by atoms with E-state index in [0.29, 0.717) is 25.3 Å². The predicted octanol–water partition coefficient (Wildman–Crippen LogP) is 3.26. The van der Waals surface area contributed by atoms with Crippen LogP contribution in [0.1, 0.15) is 24.0 Å². The van der Waals surface area contributed by atoms with Crippen molar-refractivity contribution in [3.63, 3.8) is 0 Å². The van der Waals surface area contributed by atoms with E-state index in [4.69, 9.17) is 4.74 Å². The third-order valence-electron chi connectivity index (χ3n) is 4.98. The van der Waals surface area contributed by atoms with Gasteiger partial charge >= 0.3 is 0 Å². The first-order chi connectivity index (χ1) is 12.5. The lowest BCUT2D eigenvalue weighted by atomic mass is 9.95. The lowest BCUT2D eigenvalue weighted by Gasteiger charge is -2.19. The molecule has 0 atom stereocenters. The highest BCUT2D eigenvalue weighted by atomic mass is 19.1. The van der Waals surface area contributed by atoms with Crippen LogP contribution in [0.2, 0.25) is 0 Å². The van der Waals surface area contributed by atoms with Crippen molar-refractivity contribution >= 4 is 5.82 Å². The Hall–Kier alpha value is -2.05. The highest BCUT2D eigenvalue weighted by molar-refractivity contribution is 5.38. The van der Waals surface area contributed by atoms with Gasteiger partial charge in [-0.3, -0.25) is 0 Å². The average Bonchev–Trinajstić information content (AvgIpc) is 3.41. The van der Waals surface area contributed by atoms with Gasteiger partial charge in [0.05, 0.1) is 6.61 Å². The molecule has 2 aromatic rings. The molecule has 3 rings (SSSR count). The van der Waals surface area contributed by atoms with Gasteiger partial charge in [-0.2, -0.15) is 0 Å². The van der Waals surface area contributed by atoms with Crippen molar-refractivity contribution in [1.29, 1.82) is 0 Å². The monoisotopic (exact) mass is 361 g/mol. The summed E-state index contributed by atoms with van der Waals surface area (Å²) in [6.45, 7) is 2.78. The van der Waals surface area contributed by atoms with E-state index in [-0.39, 0.29) is 5.41 Å². The number of hydrogen-bond acceptors (Lipinski definition) is 4. The summed E-state index contributed by atoms with van der Waals surface area (Å²) in [4.78, 5) is 6.51. The van der Waals surface area contributed by atoms with Gasteiger partial charge in [0.1, 0.15) is 17.5 Å². The Morgan fingerprint density at radius 2 is 2.04 bits per heavy atom. The Labute approximate surface area is 153 Å². The van der Waals surface area contributed by atoms with Crippen molar-refractivity contribution in [2.24, 2.45) is 0 Å². The zero-order valence-electron chi connectivity index (χ0n) is 15.3. The van der Waals surface area contributed by atoms with Gasteiger partial charge in [0.2, 0.25) is 0 Å². The van der Waals surface area contributed by atoms with Gasteiger partial charge < -0.3 is 15.0 Å². The van der Waals surface area contributed by atoms with Crippen molar-refractivity contribution in [3.05, 3.63) is 59.3 Å². The van der Waals surface area contributed by atoms with Crippen LogP contribution in [-0.2, 0) is 16.7 Å². The number of halogens is 2. The van der Waals surface area contributed by atoms with Crippen LogP contribution in [0.25, 0.3) is 0 Å². The summed E-state index contributed by atoms with van der Waals surface area (Å²) >= 11 is 0. The highest BCUT2D eigenvalue weighted by Gasteiger charge is 2.45. The van der Waals surface area contributed by atoms with Gasteiger partial charge in [0, 0.05) is 51.5 Å². The molecule has 0 radical (unpaired) electrons. The van der Waals surface area contributed by atoms with E-state index < -0.39 is 11.6 Å². The van der Waals surface area contributed by atoms with Crippen molar-refractivity contribution in [1.82, 2.24) is 10.3 Å². The zero-order valence-corrected chi connectivity index (χ0v) is 15.3. The minimum atomic E-state index is -0.531. The maximum Gasteiger partial charge on any atom is 0.129 e. The Balaban J connectivity index is 1.53. The summed E-state index contributed by atoms with van der Waals surface area (Å²) < 4.78 is 32.2. The molecule has 1 saturated carbocycles. The summed E-state index contributed by atoms with van der Waals surface area (Å²) in [5.74, 6) is -0.0797. The molecule has 1 aromatic carbocycles. The zero-order chi connectivity index (χ0) is 18.6. The SMILES string of the molecule is COCCN(C)c1ccc(CNCC2(c3ccc(F)cc3F)CC2)cn1. The summed E-state index contributed by atoms with van der Waals surface area (Å²) in [6, 6.07) is 7.90. The number of nitrogens with one attached hydrogen (secondary N) is 1. The molecule has 1 aromatic heterocycles. The van der Waals surface area contributed by atoms with E-state index in [1.807, 2.05) is 30.3 Å². The molecule has 1 N–H and O–H groups in total. The first kappa shape index (κ1) is 18.7. The van der Waals surface area contributed by atoms with Crippen LogP contribution >= 0.6 is 0 Å². The van der Waals surface area contributed by atoms with E-state index in [9.17, 15) is 8.78 Å². The molecule has 1 aliphatic carbocycles. The largest absolute Gasteiger partial charge is 0.383 e. The highest BCUT2D eigenvalue weighted by Crippen LogP contribution is 2.48. The molecule has 140 valence electrons. The molecule has 0 bridgehead atoms. The van der Waals surface area contributed by atoms with Crippen LogP contribution in [0.15, 0.2) is 36.5 Å². The number of likely N-dealkylation sites (N-methyl/N-ethyl adjacent to an activating group) is 1. The number of methoxy groups -OCH3 is 1. The van der Waals surface area contributed by atoms with Crippen molar-refractivity contribution < 1.29 is 13.5 Å². The molecule has 0 aliphatic heterocycles. The van der Waals surface area contributed by atoms with Crippen LogP contribution in [0.5, 0.6) is 0 Å². The maximum atomic E-state index is 14.1. The molecule has 26 heavy (non-hydrogen) atoms. The van der Waals surface area contributed by atoms with Crippen molar-refractivity contribution in [2.75, 3.05) is 38.8 Å². The van der Waals surface area contributed by atoms with Gasteiger partial charge in [0.25, 0.3) is 0 Å². The molecule has 1 fully saturated rings. The van der Waals surface area contributed by atoms with E-state index in [1.54, 1.807) is 13.2 Å². The van der Waals surface area contributed by atoms with Gasteiger partial charge in [0.15, 0.2) is 0 Å². The third-order valence-corrected chi connectivity index (χ3v) is 4.98. The first-order valence-corrected chi connectivity index (χ1v) is 8.85. The topological polar surface area (TPSA) is 37.4 Å². The van der Waals surface area contributed by atoms with E-state index in [2.05, 4.69) is 10.3 Å². The second-order valence-corrected chi connectivity index (χ2v) is 6.95. The molecule has 0 spiro atoms. The number of hydrogen-bond donors (Lipinski definition) is 1. The van der Waals surface area contributed by atoms with E-state index in [1.165, 1.54) is 6.07 Å². The summed E-state index contributed by atoms with van der Waals surface area (Å²) in [7, 11) is 3.66. The quantitative estimate of drug-likeness (QED) is 0.744. The molecule has 6 heteroatoms. The third kappa shape index (κ3) is 4.37. The van der Waals surface area contributed by atoms with Crippen LogP contribution in [0, 0.1) is 11.6 Å². The van der Waals surface area contributed by atoms with Gasteiger partial charge in [-0.1, -0.05) is 12.1 Å². The molecule has 4 nitrogen and oxygen atoms in total. The molecule has 0 saturated heterocycles. The van der Waals surface area contributed by atoms with Gasteiger partial charge in [-0.15, -0.1) is 0 Å². The molecule has 1 heterocycles. The summed E-state index contributed by atoms with van der Waals surface area (Å²) in [6.07, 6.45) is 3.69. The number of anilines is 1. The normalized spacial score (nSPS) is 15.1. The second kappa shape index (κ2) is 8.10. The van der Waals surface area contributed by atoms with Crippen LogP contribution in [0.3, 0.4) is 0 Å². The number of nitrogens with zero attached hydrogens (tertiary/aromatic N) is 2. The predicted molar refractivity (Wildman–Crippen MR) is 98.4 cm³/mol. The second-order valence-electron chi connectivity index (χ2n) is 6.95. The van der Waals surface area contributed by atoms with Crippen molar-refractivity contribution in [2.45, 2.75) is 24.8 Å². The molecular weight excluding hydrogens is 336 g/mol. The fraction of sp³-hybridized carbons (Fsp3) is 0.450. The lowest BCUT2D eigenvalue weighted by molar-refractivity contribution is 0.206. The molecule has 0 unspecified atom stereocenters. The van der Waals surface area contributed by atoms with Gasteiger partial charge in [-0.25, -0.2) is 13.8 Å². The number of ether oxygens (including phenoxy) is 1. The van der Waals surface area contributed by atoms with Crippen LogP contribution in [-0.4, -0.2) is 38.8 Å². The summed E-state index contributed by atoms with van der Waals surface area (Å²) in [5, 5.41) is 3.39. The van der Waals surface area contributed by atoms with E-state index >= 15 is 0 Å². The number of benzene rings is 1. The summed E-state index contributed by atoms with van der Waals surface area (Å²) in [5.41, 5.74) is 1.48. The average molecular weight is 361 g/mol. The van der Waals surface area contributed by atoms with Crippen molar-refractivity contribution in [3.8, 4) is 0 Å². The molecule has 0 amide bonds. The number of rotatable bonds is 9. The Morgan fingerprint density at radius 3 is 2.65 bits per heavy atom. The lowest BCUT2D eigenvalue weighted by Crippen LogP contribution is -2.27. The Bertz CT molecular complexity index is 732. The van der Waals surface area contributed by atoms with Gasteiger partial charge in [-0.05, 0) is 36.1 Å². The Morgan fingerprint density at radius 1 is 1.23 bits per heavy atom. The molecule has 1 aliphatic rings. The molecular formula is C20H25F2N3O.